The summed E-state index contributed by atoms with van der Waals surface area (Å²) in [5.74, 6) is 0. The van der Waals surface area contributed by atoms with Gasteiger partial charge in [-0.05, 0) is 26.0 Å². The SMILES string of the molecule is Cc1nc(CN2CCN(c3ccccc3N)C2=O)sc1C. The van der Waals surface area contributed by atoms with Crippen LogP contribution in [0.5, 0.6) is 0 Å². The molecule has 2 heterocycles. The average molecular weight is 302 g/mol. The van der Waals surface area contributed by atoms with Crippen molar-refractivity contribution in [2.24, 2.45) is 0 Å². The summed E-state index contributed by atoms with van der Waals surface area (Å²) in [6.45, 7) is 5.99. The van der Waals surface area contributed by atoms with Crippen LogP contribution in [-0.2, 0) is 6.54 Å². The quantitative estimate of drug-likeness (QED) is 0.887. The van der Waals surface area contributed by atoms with E-state index in [1.165, 1.54) is 4.88 Å². The van der Waals surface area contributed by atoms with Crippen LogP contribution in [0.15, 0.2) is 24.3 Å². The second-order valence-corrected chi connectivity index (χ2v) is 6.45. The molecule has 0 spiro atoms. The van der Waals surface area contributed by atoms with Crippen LogP contribution >= 0.6 is 11.3 Å². The van der Waals surface area contributed by atoms with Gasteiger partial charge in [0.25, 0.3) is 0 Å². The van der Waals surface area contributed by atoms with Crippen LogP contribution in [0.4, 0.5) is 16.2 Å². The van der Waals surface area contributed by atoms with Gasteiger partial charge in [0.05, 0.1) is 23.6 Å². The normalized spacial score (nSPS) is 15.0. The summed E-state index contributed by atoms with van der Waals surface area (Å²) in [6.07, 6.45) is 0. The molecule has 1 aliphatic rings. The van der Waals surface area contributed by atoms with E-state index in [0.717, 1.165) is 16.4 Å². The van der Waals surface area contributed by atoms with Gasteiger partial charge in [0, 0.05) is 18.0 Å². The van der Waals surface area contributed by atoms with E-state index in [4.69, 9.17) is 5.73 Å². The van der Waals surface area contributed by atoms with E-state index < -0.39 is 0 Å². The fourth-order valence-electron chi connectivity index (χ4n) is 2.46. The minimum atomic E-state index is -0.00148. The van der Waals surface area contributed by atoms with Gasteiger partial charge in [-0.1, -0.05) is 12.1 Å². The third-order valence-electron chi connectivity index (χ3n) is 3.72. The zero-order valence-corrected chi connectivity index (χ0v) is 13.0. The van der Waals surface area contributed by atoms with Crippen LogP contribution in [0, 0.1) is 13.8 Å². The maximum absolute atomic E-state index is 12.5. The number of nitrogen functional groups attached to an aromatic ring is 1. The van der Waals surface area contributed by atoms with Gasteiger partial charge in [0.1, 0.15) is 5.01 Å². The molecule has 110 valence electrons. The zero-order valence-electron chi connectivity index (χ0n) is 12.2. The average Bonchev–Trinajstić information content (AvgIpc) is 2.96. The number of aryl methyl sites for hydroxylation is 2. The van der Waals surface area contributed by atoms with Crippen LogP contribution in [-0.4, -0.2) is 29.0 Å². The number of nitrogens with zero attached hydrogens (tertiary/aromatic N) is 3. The number of anilines is 2. The number of carbonyl (C=O) groups is 1. The number of para-hydroxylation sites is 2. The summed E-state index contributed by atoms with van der Waals surface area (Å²) in [6, 6.07) is 7.47. The van der Waals surface area contributed by atoms with Gasteiger partial charge in [-0.25, -0.2) is 9.78 Å². The molecule has 1 saturated heterocycles. The van der Waals surface area contributed by atoms with Crippen molar-refractivity contribution in [3.8, 4) is 0 Å². The number of hydrogen-bond donors (Lipinski definition) is 1. The monoisotopic (exact) mass is 302 g/mol. The number of nitrogens with two attached hydrogens (primary N) is 1. The van der Waals surface area contributed by atoms with Crippen molar-refractivity contribution < 1.29 is 4.79 Å². The van der Waals surface area contributed by atoms with Crippen molar-refractivity contribution >= 4 is 28.7 Å². The number of thiazole rings is 1. The number of carbonyl (C=O) groups excluding carboxylic acids is 1. The summed E-state index contributed by atoms with van der Waals surface area (Å²) in [5, 5.41) is 0.987. The maximum atomic E-state index is 12.5. The topological polar surface area (TPSA) is 62.5 Å². The summed E-state index contributed by atoms with van der Waals surface area (Å²) in [5.41, 5.74) is 8.43. The summed E-state index contributed by atoms with van der Waals surface area (Å²) in [7, 11) is 0. The second-order valence-electron chi connectivity index (χ2n) is 5.16. The lowest BCUT2D eigenvalue weighted by atomic mass is 10.2. The van der Waals surface area contributed by atoms with Crippen LogP contribution in [0.3, 0.4) is 0 Å². The van der Waals surface area contributed by atoms with E-state index in [9.17, 15) is 4.79 Å². The second kappa shape index (κ2) is 5.37. The predicted octanol–water partition coefficient (Wildman–Crippen LogP) is 2.78. The van der Waals surface area contributed by atoms with Gasteiger partial charge < -0.3 is 10.6 Å². The van der Waals surface area contributed by atoms with E-state index in [-0.39, 0.29) is 6.03 Å². The summed E-state index contributed by atoms with van der Waals surface area (Å²) >= 11 is 1.66. The summed E-state index contributed by atoms with van der Waals surface area (Å²) in [4.78, 5) is 21.8. The van der Waals surface area contributed by atoms with Crippen molar-refractivity contribution in [2.45, 2.75) is 20.4 Å². The first-order valence-electron chi connectivity index (χ1n) is 6.90. The molecule has 0 bridgehead atoms. The standard InChI is InChI=1S/C15H18N4OS/c1-10-11(2)21-14(17-10)9-18-7-8-19(15(18)20)13-6-4-3-5-12(13)16/h3-6H,7-9,16H2,1-2H3. The smallest absolute Gasteiger partial charge is 0.325 e. The Hall–Kier alpha value is -2.08. The largest absolute Gasteiger partial charge is 0.397 e. The van der Waals surface area contributed by atoms with E-state index in [1.807, 2.05) is 36.1 Å². The van der Waals surface area contributed by atoms with Crippen molar-refractivity contribution in [1.82, 2.24) is 9.88 Å². The predicted molar refractivity (Wildman–Crippen MR) is 85.6 cm³/mol. The van der Waals surface area contributed by atoms with Gasteiger partial charge in [-0.2, -0.15) is 0 Å². The first-order valence-corrected chi connectivity index (χ1v) is 7.72. The van der Waals surface area contributed by atoms with E-state index in [0.29, 0.717) is 25.3 Å². The molecular weight excluding hydrogens is 284 g/mol. The number of amides is 2. The number of benzene rings is 1. The minimum absolute atomic E-state index is 0.00148. The fourth-order valence-corrected chi connectivity index (χ4v) is 3.41. The molecule has 2 amide bonds. The Labute approximate surface area is 128 Å². The third-order valence-corrected chi connectivity index (χ3v) is 4.78. The Morgan fingerprint density at radius 3 is 2.71 bits per heavy atom. The minimum Gasteiger partial charge on any atom is -0.397 e. The molecule has 0 atom stereocenters. The van der Waals surface area contributed by atoms with Crippen LogP contribution in [0.25, 0.3) is 0 Å². The highest BCUT2D eigenvalue weighted by atomic mass is 32.1. The lowest BCUT2D eigenvalue weighted by Crippen LogP contribution is -2.31. The van der Waals surface area contributed by atoms with Crippen molar-refractivity contribution in [3.63, 3.8) is 0 Å². The molecule has 2 aromatic rings. The van der Waals surface area contributed by atoms with Gasteiger partial charge in [0.15, 0.2) is 0 Å². The number of hydrogen-bond acceptors (Lipinski definition) is 4. The van der Waals surface area contributed by atoms with Gasteiger partial charge in [-0.15, -0.1) is 11.3 Å². The molecule has 0 saturated carbocycles. The zero-order chi connectivity index (χ0) is 15.0. The third kappa shape index (κ3) is 2.58. The maximum Gasteiger partial charge on any atom is 0.325 e. The molecule has 6 heteroatoms. The molecule has 1 aromatic heterocycles. The first kappa shape index (κ1) is 13.9. The van der Waals surface area contributed by atoms with Crippen molar-refractivity contribution in [2.75, 3.05) is 23.7 Å². The van der Waals surface area contributed by atoms with Gasteiger partial charge >= 0.3 is 6.03 Å². The molecular formula is C15H18N4OS. The highest BCUT2D eigenvalue weighted by Crippen LogP contribution is 2.27. The molecule has 1 aromatic carbocycles. The van der Waals surface area contributed by atoms with E-state index >= 15 is 0 Å². The highest BCUT2D eigenvalue weighted by molar-refractivity contribution is 7.11. The number of urea groups is 1. The Morgan fingerprint density at radius 2 is 2.05 bits per heavy atom. The molecule has 1 fully saturated rings. The lowest BCUT2D eigenvalue weighted by molar-refractivity contribution is 0.218. The molecule has 0 aliphatic carbocycles. The van der Waals surface area contributed by atoms with Crippen molar-refractivity contribution in [1.29, 1.82) is 0 Å². The van der Waals surface area contributed by atoms with Crippen molar-refractivity contribution in [3.05, 3.63) is 39.8 Å². The molecule has 5 nitrogen and oxygen atoms in total. The van der Waals surface area contributed by atoms with Gasteiger partial charge in [0.2, 0.25) is 0 Å². The molecule has 2 N–H and O–H groups in total. The Balaban J connectivity index is 1.76. The number of rotatable bonds is 3. The lowest BCUT2D eigenvalue weighted by Gasteiger charge is -2.19. The molecule has 21 heavy (non-hydrogen) atoms. The molecule has 0 radical (unpaired) electrons. The number of aromatic nitrogens is 1. The Kier molecular flexibility index (Phi) is 3.55. The molecule has 3 rings (SSSR count). The van der Waals surface area contributed by atoms with Crippen LogP contribution in [0.2, 0.25) is 0 Å². The van der Waals surface area contributed by atoms with E-state index in [1.54, 1.807) is 16.2 Å². The van der Waals surface area contributed by atoms with Crippen LogP contribution in [0.1, 0.15) is 15.6 Å². The first-order chi connectivity index (χ1) is 10.1. The Morgan fingerprint density at radius 1 is 1.29 bits per heavy atom. The molecule has 1 aliphatic heterocycles. The van der Waals surface area contributed by atoms with Crippen LogP contribution < -0.4 is 10.6 Å². The fraction of sp³-hybridized carbons (Fsp3) is 0.333. The van der Waals surface area contributed by atoms with Gasteiger partial charge in [-0.3, -0.25) is 4.90 Å². The highest BCUT2D eigenvalue weighted by Gasteiger charge is 2.31. The Bertz CT molecular complexity index is 663. The van der Waals surface area contributed by atoms with E-state index in [2.05, 4.69) is 11.9 Å². The summed E-state index contributed by atoms with van der Waals surface area (Å²) < 4.78 is 0. The molecule has 0 unspecified atom stereocenters.